The molecule has 1 aliphatic carbocycles. The average Bonchev–Trinajstić information content (AvgIpc) is 3.43. The van der Waals surface area contributed by atoms with Crippen molar-refractivity contribution in [2.75, 3.05) is 11.9 Å². The Labute approximate surface area is 174 Å². The first kappa shape index (κ1) is 19.8. The fourth-order valence-corrected chi connectivity index (χ4v) is 4.17. The smallest absolute Gasteiger partial charge is 0.359 e. The summed E-state index contributed by atoms with van der Waals surface area (Å²) in [6.45, 7) is -0.535. The van der Waals surface area contributed by atoms with Gasteiger partial charge in [0.1, 0.15) is 10.8 Å². The van der Waals surface area contributed by atoms with Gasteiger partial charge in [-0.1, -0.05) is 0 Å². The van der Waals surface area contributed by atoms with Gasteiger partial charge in [-0.2, -0.15) is 5.10 Å². The number of rotatable bonds is 6. The highest BCUT2D eigenvalue weighted by Gasteiger charge is 2.28. The highest BCUT2D eigenvalue weighted by Crippen LogP contribution is 2.28. The minimum Gasteiger partial charge on any atom is -0.451 e. The molecule has 2 heterocycles. The van der Waals surface area contributed by atoms with Crippen LogP contribution in [0.2, 0.25) is 0 Å². The fraction of sp³-hybridized carbons (Fsp3) is 0.200. The lowest BCUT2D eigenvalue weighted by atomic mass is 10.2. The molecule has 3 aromatic rings. The van der Waals surface area contributed by atoms with E-state index in [1.165, 1.54) is 18.2 Å². The van der Waals surface area contributed by atoms with Crippen molar-refractivity contribution < 1.29 is 23.5 Å². The minimum atomic E-state index is -0.717. The maximum absolute atomic E-state index is 13.2. The van der Waals surface area contributed by atoms with Gasteiger partial charge in [0, 0.05) is 11.3 Å². The molecular weight excluding hydrogens is 411 g/mol. The van der Waals surface area contributed by atoms with Crippen molar-refractivity contribution >= 4 is 34.1 Å². The first-order valence-corrected chi connectivity index (χ1v) is 10.0. The zero-order valence-corrected chi connectivity index (χ0v) is 16.5. The Morgan fingerprint density at radius 2 is 1.97 bits per heavy atom. The molecule has 0 fully saturated rings. The Balaban J connectivity index is 1.47. The molecule has 0 saturated heterocycles. The first-order valence-electron chi connectivity index (χ1n) is 9.15. The van der Waals surface area contributed by atoms with Crippen molar-refractivity contribution in [1.29, 1.82) is 0 Å². The van der Waals surface area contributed by atoms with Gasteiger partial charge >= 0.3 is 5.97 Å². The monoisotopic (exact) mass is 428 g/mol. The van der Waals surface area contributed by atoms with E-state index in [0.717, 1.165) is 35.4 Å². The van der Waals surface area contributed by atoms with E-state index < -0.39 is 24.4 Å². The van der Waals surface area contributed by atoms with E-state index in [0.29, 0.717) is 17.1 Å². The van der Waals surface area contributed by atoms with Crippen LogP contribution in [0, 0.1) is 5.82 Å². The van der Waals surface area contributed by atoms with Crippen LogP contribution in [0.15, 0.2) is 35.7 Å². The first-order chi connectivity index (χ1) is 14.4. The van der Waals surface area contributed by atoms with Crippen molar-refractivity contribution in [3.05, 3.63) is 64.0 Å². The number of amides is 2. The quantitative estimate of drug-likeness (QED) is 0.585. The van der Waals surface area contributed by atoms with Crippen LogP contribution >= 0.6 is 11.3 Å². The van der Waals surface area contributed by atoms with Gasteiger partial charge in [0.15, 0.2) is 12.3 Å². The molecule has 10 heteroatoms. The van der Waals surface area contributed by atoms with E-state index in [9.17, 15) is 18.8 Å². The standard InChI is InChI=1S/C20H17FN4O4S/c21-11-4-6-12(7-5-11)25-15-3-1-2-13(15)17(24-25)20(28)29-10-16(26)23-19-14(18(22)27)8-9-30-19/h4-9H,1-3,10H2,(H2,22,27)(H,23,26). The molecule has 4 rings (SSSR count). The Hall–Kier alpha value is -3.53. The zero-order chi connectivity index (χ0) is 21.3. The number of thiophene rings is 1. The molecule has 1 aliphatic rings. The summed E-state index contributed by atoms with van der Waals surface area (Å²) in [7, 11) is 0. The number of nitrogens with two attached hydrogens (primary N) is 1. The second-order valence-electron chi connectivity index (χ2n) is 6.67. The Morgan fingerprint density at radius 3 is 2.70 bits per heavy atom. The number of fused-ring (bicyclic) bond motifs is 1. The SMILES string of the molecule is NC(=O)c1ccsc1NC(=O)COC(=O)c1nn(-c2ccc(F)cc2)c2c1CCC2. The number of esters is 1. The summed E-state index contributed by atoms with van der Waals surface area (Å²) in [5.41, 5.74) is 7.88. The van der Waals surface area contributed by atoms with E-state index in [1.807, 2.05) is 0 Å². The topological polar surface area (TPSA) is 116 Å². The summed E-state index contributed by atoms with van der Waals surface area (Å²) >= 11 is 1.14. The van der Waals surface area contributed by atoms with Gasteiger partial charge in [-0.25, -0.2) is 13.9 Å². The Bertz CT molecular complexity index is 1140. The van der Waals surface area contributed by atoms with Crippen LogP contribution in [0.4, 0.5) is 9.39 Å². The number of benzene rings is 1. The van der Waals surface area contributed by atoms with Gasteiger partial charge in [-0.05, 0) is 55.0 Å². The molecule has 0 saturated carbocycles. The Kier molecular flexibility index (Phi) is 5.32. The van der Waals surface area contributed by atoms with Gasteiger partial charge in [0.25, 0.3) is 11.8 Å². The molecule has 0 unspecified atom stereocenters. The number of carbonyl (C=O) groups excluding carboxylic acids is 3. The highest BCUT2D eigenvalue weighted by molar-refractivity contribution is 7.14. The summed E-state index contributed by atoms with van der Waals surface area (Å²) in [5.74, 6) is -2.34. The molecule has 3 N–H and O–H groups in total. The summed E-state index contributed by atoms with van der Waals surface area (Å²) in [4.78, 5) is 36.0. The molecule has 30 heavy (non-hydrogen) atoms. The van der Waals surface area contributed by atoms with Crippen LogP contribution in [-0.4, -0.2) is 34.2 Å². The third-order valence-corrected chi connectivity index (χ3v) is 5.54. The second-order valence-corrected chi connectivity index (χ2v) is 7.58. The van der Waals surface area contributed by atoms with Crippen LogP contribution in [0.1, 0.15) is 38.5 Å². The summed E-state index contributed by atoms with van der Waals surface area (Å²) in [6.07, 6.45) is 2.27. The number of primary amides is 1. The van der Waals surface area contributed by atoms with Crippen LogP contribution in [0.5, 0.6) is 0 Å². The molecule has 154 valence electrons. The molecule has 0 radical (unpaired) electrons. The third-order valence-electron chi connectivity index (χ3n) is 4.71. The number of hydrogen-bond acceptors (Lipinski definition) is 6. The van der Waals surface area contributed by atoms with Gasteiger partial charge in [-0.3, -0.25) is 9.59 Å². The Morgan fingerprint density at radius 1 is 1.20 bits per heavy atom. The maximum atomic E-state index is 13.2. The lowest BCUT2D eigenvalue weighted by molar-refractivity contribution is -0.119. The number of hydrogen-bond donors (Lipinski definition) is 2. The van der Waals surface area contributed by atoms with E-state index in [-0.39, 0.29) is 17.1 Å². The van der Waals surface area contributed by atoms with Crippen LogP contribution < -0.4 is 11.1 Å². The van der Waals surface area contributed by atoms with E-state index in [4.69, 9.17) is 10.5 Å². The van der Waals surface area contributed by atoms with Gasteiger partial charge < -0.3 is 15.8 Å². The predicted molar refractivity (Wildman–Crippen MR) is 107 cm³/mol. The number of aromatic nitrogens is 2. The maximum Gasteiger partial charge on any atom is 0.359 e. The number of anilines is 1. The van der Waals surface area contributed by atoms with Crippen molar-refractivity contribution in [3.8, 4) is 5.69 Å². The van der Waals surface area contributed by atoms with Crippen molar-refractivity contribution in [2.45, 2.75) is 19.3 Å². The highest BCUT2D eigenvalue weighted by atomic mass is 32.1. The van der Waals surface area contributed by atoms with Crippen molar-refractivity contribution in [2.24, 2.45) is 5.73 Å². The van der Waals surface area contributed by atoms with Crippen molar-refractivity contribution in [3.63, 3.8) is 0 Å². The summed E-state index contributed by atoms with van der Waals surface area (Å²) in [6, 6.07) is 7.32. The second kappa shape index (κ2) is 8.07. The summed E-state index contributed by atoms with van der Waals surface area (Å²) < 4.78 is 20.0. The minimum absolute atomic E-state index is 0.147. The lowest BCUT2D eigenvalue weighted by Crippen LogP contribution is -2.22. The van der Waals surface area contributed by atoms with E-state index in [2.05, 4.69) is 10.4 Å². The molecule has 8 nitrogen and oxygen atoms in total. The summed E-state index contributed by atoms with van der Waals surface area (Å²) in [5, 5.41) is 8.77. The molecule has 1 aromatic carbocycles. The van der Waals surface area contributed by atoms with Crippen molar-refractivity contribution in [1.82, 2.24) is 9.78 Å². The van der Waals surface area contributed by atoms with Gasteiger partial charge in [0.05, 0.1) is 11.3 Å². The molecule has 2 aromatic heterocycles. The molecule has 0 spiro atoms. The average molecular weight is 428 g/mol. The van der Waals surface area contributed by atoms with Gasteiger partial charge in [-0.15, -0.1) is 11.3 Å². The molecular formula is C20H17FN4O4S. The van der Waals surface area contributed by atoms with Crippen LogP contribution in [0.25, 0.3) is 5.69 Å². The van der Waals surface area contributed by atoms with E-state index in [1.54, 1.807) is 22.2 Å². The number of halogens is 1. The number of ether oxygens (including phenoxy) is 1. The molecule has 0 bridgehead atoms. The van der Waals surface area contributed by atoms with Crippen LogP contribution in [-0.2, 0) is 22.4 Å². The van der Waals surface area contributed by atoms with Gasteiger partial charge in [0.2, 0.25) is 0 Å². The van der Waals surface area contributed by atoms with E-state index >= 15 is 0 Å². The number of nitrogens with zero attached hydrogens (tertiary/aromatic N) is 2. The predicted octanol–water partition coefficient (Wildman–Crippen LogP) is 2.46. The fourth-order valence-electron chi connectivity index (χ4n) is 3.36. The largest absolute Gasteiger partial charge is 0.451 e. The molecule has 0 aliphatic heterocycles. The number of nitrogens with one attached hydrogen (secondary N) is 1. The molecule has 2 amide bonds. The number of carbonyl (C=O) groups is 3. The van der Waals surface area contributed by atoms with Crippen LogP contribution in [0.3, 0.4) is 0 Å². The zero-order valence-electron chi connectivity index (χ0n) is 15.7. The lowest BCUT2D eigenvalue weighted by Gasteiger charge is -2.06. The third kappa shape index (κ3) is 3.81. The normalized spacial score (nSPS) is 12.4. The molecule has 0 atom stereocenters.